The number of ether oxygens (including phenoxy) is 1. The monoisotopic (exact) mass is 401 g/mol. The predicted octanol–water partition coefficient (Wildman–Crippen LogP) is 2.42. The highest BCUT2D eigenvalue weighted by Crippen LogP contribution is 2.18. The average molecular weight is 402 g/mol. The molecular weight excluding hydrogens is 378 g/mol. The summed E-state index contributed by atoms with van der Waals surface area (Å²) in [5.41, 5.74) is 1.35. The minimum atomic E-state index is -0.228. The van der Waals surface area contributed by atoms with Crippen LogP contribution in [0.3, 0.4) is 0 Å². The van der Waals surface area contributed by atoms with Crippen molar-refractivity contribution in [3.05, 3.63) is 64.7 Å². The molecule has 2 aromatic carbocycles. The number of carbonyl (C=O) groups is 2. The van der Waals surface area contributed by atoms with Crippen LogP contribution in [-0.2, 0) is 11.3 Å². The predicted molar refractivity (Wildman–Crippen MR) is 109 cm³/mol. The quantitative estimate of drug-likeness (QED) is 0.807. The highest BCUT2D eigenvalue weighted by Gasteiger charge is 2.23. The number of amides is 2. The van der Waals surface area contributed by atoms with Gasteiger partial charge in [-0.1, -0.05) is 29.8 Å². The third-order valence-electron chi connectivity index (χ3n) is 4.66. The van der Waals surface area contributed by atoms with Crippen molar-refractivity contribution in [3.8, 4) is 5.75 Å². The van der Waals surface area contributed by atoms with Gasteiger partial charge in [0.1, 0.15) is 12.3 Å². The van der Waals surface area contributed by atoms with Crippen LogP contribution in [0.15, 0.2) is 48.5 Å². The summed E-state index contributed by atoms with van der Waals surface area (Å²) in [6.45, 7) is 3.16. The number of rotatable bonds is 6. The van der Waals surface area contributed by atoms with Crippen molar-refractivity contribution in [2.24, 2.45) is 0 Å². The van der Waals surface area contributed by atoms with Crippen LogP contribution in [-0.4, -0.2) is 61.4 Å². The van der Waals surface area contributed by atoms with E-state index in [1.165, 1.54) is 0 Å². The van der Waals surface area contributed by atoms with Gasteiger partial charge in [0, 0.05) is 43.3 Å². The van der Waals surface area contributed by atoms with Crippen molar-refractivity contribution in [1.29, 1.82) is 0 Å². The largest absolute Gasteiger partial charge is 0.497 e. The minimum Gasteiger partial charge on any atom is -0.497 e. The molecule has 1 aliphatic rings. The van der Waals surface area contributed by atoms with E-state index >= 15 is 0 Å². The summed E-state index contributed by atoms with van der Waals surface area (Å²) in [7, 11) is 1.60. The number of carbonyl (C=O) groups excluding carboxylic acids is 2. The molecule has 0 radical (unpaired) electrons. The molecule has 0 atom stereocenters. The number of nitrogens with one attached hydrogen (secondary N) is 1. The lowest BCUT2D eigenvalue weighted by Crippen LogP contribution is -2.50. The Kier molecular flexibility index (Phi) is 6.90. The zero-order chi connectivity index (χ0) is 19.9. The lowest BCUT2D eigenvalue weighted by Gasteiger charge is -2.30. The smallest absolute Gasteiger partial charge is 0.254 e. The molecule has 0 spiro atoms. The van der Waals surface area contributed by atoms with Crippen molar-refractivity contribution in [2.75, 3.05) is 39.8 Å². The Morgan fingerprint density at radius 3 is 2.61 bits per heavy atom. The van der Waals surface area contributed by atoms with Gasteiger partial charge in [-0.2, -0.15) is 0 Å². The zero-order valence-electron chi connectivity index (χ0n) is 15.9. The normalized spacial score (nSPS) is 13.9. The summed E-state index contributed by atoms with van der Waals surface area (Å²) >= 11 is 6.05. The van der Waals surface area contributed by atoms with Crippen LogP contribution in [0.1, 0.15) is 15.9 Å². The summed E-state index contributed by atoms with van der Waals surface area (Å²) in [5, 5.41) is 3.71. The molecule has 28 heavy (non-hydrogen) atoms. The summed E-state index contributed by atoms with van der Waals surface area (Å²) in [4.78, 5) is 29.3. The van der Waals surface area contributed by atoms with E-state index in [4.69, 9.17) is 16.3 Å². The van der Waals surface area contributed by atoms with Crippen molar-refractivity contribution < 1.29 is 14.3 Å². The van der Waals surface area contributed by atoms with Gasteiger partial charge in [-0.25, -0.2) is 0 Å². The fraction of sp³-hybridized carbons (Fsp3) is 0.333. The second-order valence-electron chi connectivity index (χ2n) is 6.65. The Hall–Kier alpha value is -2.57. The van der Waals surface area contributed by atoms with Crippen molar-refractivity contribution in [2.45, 2.75) is 6.54 Å². The Labute approximate surface area is 170 Å². The van der Waals surface area contributed by atoms with Gasteiger partial charge < -0.3 is 19.9 Å². The van der Waals surface area contributed by atoms with Crippen LogP contribution in [0, 0.1) is 0 Å². The van der Waals surface area contributed by atoms with Crippen LogP contribution >= 0.6 is 11.6 Å². The molecule has 0 bridgehead atoms. The van der Waals surface area contributed by atoms with Gasteiger partial charge in [0.25, 0.3) is 5.91 Å². The number of hydrogen-bond acceptors (Lipinski definition) is 4. The van der Waals surface area contributed by atoms with Crippen molar-refractivity contribution in [3.63, 3.8) is 0 Å². The van der Waals surface area contributed by atoms with E-state index in [0.29, 0.717) is 36.0 Å². The van der Waals surface area contributed by atoms with E-state index in [1.54, 1.807) is 41.2 Å². The van der Waals surface area contributed by atoms with Crippen LogP contribution < -0.4 is 10.1 Å². The molecule has 1 aliphatic heterocycles. The maximum absolute atomic E-state index is 13.1. The van der Waals surface area contributed by atoms with Gasteiger partial charge in [-0.3, -0.25) is 9.59 Å². The molecule has 0 aromatic heterocycles. The molecule has 1 N–H and O–H groups in total. The molecule has 1 saturated heterocycles. The standard InChI is InChI=1S/C21H24ClN3O3/c1-28-19-7-2-4-16(12-19)14-25(15-20(26)24-10-8-23-9-11-24)21(27)17-5-3-6-18(22)13-17/h2-7,12-13,23H,8-11,14-15H2,1H3. The fourth-order valence-electron chi connectivity index (χ4n) is 3.17. The molecule has 0 unspecified atom stereocenters. The lowest BCUT2D eigenvalue weighted by atomic mass is 10.1. The fourth-order valence-corrected chi connectivity index (χ4v) is 3.36. The third-order valence-corrected chi connectivity index (χ3v) is 4.90. The second kappa shape index (κ2) is 9.57. The maximum atomic E-state index is 13.1. The van der Waals surface area contributed by atoms with Crippen LogP contribution in [0.25, 0.3) is 0 Å². The highest BCUT2D eigenvalue weighted by atomic mass is 35.5. The molecule has 2 aromatic rings. The second-order valence-corrected chi connectivity index (χ2v) is 7.09. The summed E-state index contributed by atoms with van der Waals surface area (Å²) in [6.07, 6.45) is 0. The molecule has 2 amide bonds. The number of nitrogens with zero attached hydrogens (tertiary/aromatic N) is 2. The van der Waals surface area contributed by atoms with E-state index < -0.39 is 0 Å². The van der Waals surface area contributed by atoms with Gasteiger partial charge in [0.05, 0.1) is 7.11 Å². The van der Waals surface area contributed by atoms with Crippen LogP contribution in [0.5, 0.6) is 5.75 Å². The first-order chi connectivity index (χ1) is 13.6. The SMILES string of the molecule is COc1cccc(CN(CC(=O)N2CCNCC2)C(=O)c2cccc(Cl)c2)c1. The molecule has 3 rings (SSSR count). The van der Waals surface area contributed by atoms with Crippen molar-refractivity contribution >= 4 is 23.4 Å². The van der Waals surface area contributed by atoms with E-state index in [9.17, 15) is 9.59 Å². The van der Waals surface area contributed by atoms with Gasteiger partial charge >= 0.3 is 0 Å². The van der Waals surface area contributed by atoms with E-state index in [2.05, 4.69) is 5.32 Å². The Morgan fingerprint density at radius 2 is 1.89 bits per heavy atom. The first-order valence-corrected chi connectivity index (χ1v) is 9.61. The summed E-state index contributed by atoms with van der Waals surface area (Å²) in [6, 6.07) is 14.3. The van der Waals surface area contributed by atoms with Gasteiger partial charge in [0.2, 0.25) is 5.91 Å². The molecule has 1 fully saturated rings. The van der Waals surface area contributed by atoms with Gasteiger partial charge in [0.15, 0.2) is 0 Å². The molecule has 7 heteroatoms. The number of hydrogen-bond donors (Lipinski definition) is 1. The first kappa shape index (κ1) is 20.2. The lowest BCUT2D eigenvalue weighted by molar-refractivity contribution is -0.132. The molecular formula is C21H24ClN3O3. The van der Waals surface area contributed by atoms with E-state index in [1.807, 2.05) is 24.3 Å². The first-order valence-electron chi connectivity index (χ1n) is 9.23. The molecule has 0 aliphatic carbocycles. The number of piperazine rings is 1. The van der Waals surface area contributed by atoms with E-state index in [-0.39, 0.29) is 18.4 Å². The number of benzene rings is 2. The molecule has 1 heterocycles. The summed E-state index contributed by atoms with van der Waals surface area (Å²) < 4.78 is 5.27. The van der Waals surface area contributed by atoms with Gasteiger partial charge in [-0.15, -0.1) is 0 Å². The highest BCUT2D eigenvalue weighted by molar-refractivity contribution is 6.31. The van der Waals surface area contributed by atoms with E-state index in [0.717, 1.165) is 18.7 Å². The zero-order valence-corrected chi connectivity index (χ0v) is 16.6. The maximum Gasteiger partial charge on any atom is 0.254 e. The van der Waals surface area contributed by atoms with Gasteiger partial charge in [-0.05, 0) is 35.9 Å². The molecule has 6 nitrogen and oxygen atoms in total. The molecule has 148 valence electrons. The van der Waals surface area contributed by atoms with Crippen LogP contribution in [0.4, 0.5) is 0 Å². The molecule has 0 saturated carbocycles. The Balaban J connectivity index is 1.81. The third kappa shape index (κ3) is 5.24. The van der Waals surface area contributed by atoms with Crippen molar-refractivity contribution in [1.82, 2.24) is 15.1 Å². The minimum absolute atomic E-state index is 0.0164. The van der Waals surface area contributed by atoms with Crippen LogP contribution in [0.2, 0.25) is 5.02 Å². The Morgan fingerprint density at radius 1 is 1.14 bits per heavy atom. The average Bonchev–Trinajstić information content (AvgIpc) is 2.73. The topological polar surface area (TPSA) is 61.9 Å². The number of halogens is 1. The summed E-state index contributed by atoms with van der Waals surface area (Å²) in [5.74, 6) is 0.426. The number of methoxy groups -OCH3 is 1. The Bertz CT molecular complexity index is 837.